The first-order chi connectivity index (χ1) is 9.49. The van der Waals surface area contributed by atoms with Gasteiger partial charge in [0.2, 0.25) is 5.91 Å². The summed E-state index contributed by atoms with van der Waals surface area (Å²) in [5.74, 6) is -1.36. The molecule has 104 valence electrons. The number of carbonyl (C=O) groups is 2. The summed E-state index contributed by atoms with van der Waals surface area (Å²) in [6.07, 6.45) is -1.42. The highest BCUT2D eigenvalue weighted by Gasteiger charge is 2.15. The van der Waals surface area contributed by atoms with Gasteiger partial charge in [-0.15, -0.1) is 0 Å². The van der Waals surface area contributed by atoms with Crippen molar-refractivity contribution in [1.82, 2.24) is 5.32 Å². The molecule has 0 aliphatic rings. The van der Waals surface area contributed by atoms with E-state index in [1.54, 1.807) is 12.1 Å². The van der Waals surface area contributed by atoms with E-state index in [1.807, 2.05) is 24.3 Å². The van der Waals surface area contributed by atoms with Gasteiger partial charge in [0.05, 0.1) is 12.1 Å². The number of hydrogen-bond acceptors (Lipinski definition) is 4. The third-order valence-corrected chi connectivity index (χ3v) is 2.95. The van der Waals surface area contributed by atoms with E-state index in [4.69, 9.17) is 11.5 Å². The molecule has 0 aromatic heterocycles. The second-order valence-corrected chi connectivity index (χ2v) is 4.41. The molecule has 2 aromatic rings. The van der Waals surface area contributed by atoms with E-state index in [-0.39, 0.29) is 6.54 Å². The smallest absolute Gasteiger partial charge is 0.253 e. The summed E-state index contributed by atoms with van der Waals surface area (Å²) in [6.45, 7) is -0.250. The lowest BCUT2D eigenvalue weighted by molar-refractivity contribution is -0.125. The van der Waals surface area contributed by atoms with E-state index in [0.717, 1.165) is 10.8 Å². The van der Waals surface area contributed by atoms with Crippen molar-refractivity contribution >= 4 is 28.3 Å². The number of nitrogen functional groups attached to an aromatic ring is 1. The van der Waals surface area contributed by atoms with Gasteiger partial charge >= 0.3 is 0 Å². The summed E-state index contributed by atoms with van der Waals surface area (Å²) in [6, 6.07) is 10.9. The summed E-state index contributed by atoms with van der Waals surface area (Å²) in [5, 5.41) is 13.5. The first-order valence-corrected chi connectivity index (χ1v) is 6.03. The average molecular weight is 273 g/mol. The third-order valence-electron chi connectivity index (χ3n) is 2.95. The Morgan fingerprint density at radius 2 is 1.80 bits per heavy atom. The lowest BCUT2D eigenvalue weighted by Crippen LogP contribution is -2.40. The zero-order valence-electron chi connectivity index (χ0n) is 10.7. The predicted octanol–water partition coefficient (Wildman–Crippen LogP) is -0.00200. The molecule has 1 unspecified atom stereocenters. The SMILES string of the molecule is NC(=O)C(O)CNC(=O)c1cc2ccccc2cc1N. The fourth-order valence-corrected chi connectivity index (χ4v) is 1.84. The normalized spacial score (nSPS) is 12.1. The molecule has 0 radical (unpaired) electrons. The van der Waals surface area contributed by atoms with E-state index in [1.165, 1.54) is 0 Å². The van der Waals surface area contributed by atoms with E-state index in [2.05, 4.69) is 5.32 Å². The summed E-state index contributed by atoms with van der Waals surface area (Å²) in [7, 11) is 0. The van der Waals surface area contributed by atoms with Gasteiger partial charge < -0.3 is 21.9 Å². The van der Waals surface area contributed by atoms with E-state index in [0.29, 0.717) is 11.3 Å². The first-order valence-electron chi connectivity index (χ1n) is 6.03. The number of rotatable bonds is 4. The maximum Gasteiger partial charge on any atom is 0.253 e. The molecule has 6 heteroatoms. The number of anilines is 1. The molecule has 0 saturated carbocycles. The van der Waals surface area contributed by atoms with Crippen LogP contribution >= 0.6 is 0 Å². The van der Waals surface area contributed by atoms with Gasteiger partial charge in [-0.2, -0.15) is 0 Å². The molecule has 0 bridgehead atoms. The Balaban J connectivity index is 2.21. The largest absolute Gasteiger partial charge is 0.398 e. The third kappa shape index (κ3) is 2.86. The van der Waals surface area contributed by atoms with Crippen molar-refractivity contribution in [3.8, 4) is 0 Å². The van der Waals surface area contributed by atoms with Crippen molar-refractivity contribution in [1.29, 1.82) is 0 Å². The Kier molecular flexibility index (Phi) is 3.86. The number of nitrogens with two attached hydrogens (primary N) is 2. The van der Waals surface area contributed by atoms with Crippen LogP contribution in [0.25, 0.3) is 10.8 Å². The standard InChI is InChI=1S/C14H15N3O3/c15-11-6-9-4-2-1-3-8(9)5-10(11)14(20)17-7-12(18)13(16)19/h1-6,12,18H,7,15H2,(H2,16,19)(H,17,20). The van der Waals surface area contributed by atoms with E-state index < -0.39 is 17.9 Å². The molecule has 0 fully saturated rings. The van der Waals surface area contributed by atoms with Crippen molar-refractivity contribution in [2.75, 3.05) is 12.3 Å². The van der Waals surface area contributed by atoms with Gasteiger partial charge in [0.25, 0.3) is 5.91 Å². The highest BCUT2D eigenvalue weighted by molar-refractivity contribution is 6.04. The molecule has 0 saturated heterocycles. The minimum atomic E-state index is -1.42. The maximum absolute atomic E-state index is 12.0. The molecule has 20 heavy (non-hydrogen) atoms. The molecule has 2 amide bonds. The molecule has 0 aliphatic heterocycles. The first kappa shape index (κ1) is 13.8. The summed E-state index contributed by atoms with van der Waals surface area (Å²) in [5.41, 5.74) is 11.4. The van der Waals surface area contributed by atoms with Gasteiger partial charge in [0.15, 0.2) is 0 Å². The predicted molar refractivity (Wildman–Crippen MR) is 75.9 cm³/mol. The fourth-order valence-electron chi connectivity index (χ4n) is 1.84. The molecule has 1 atom stereocenters. The Hall–Kier alpha value is -2.60. The molecule has 6 nitrogen and oxygen atoms in total. The van der Waals surface area contributed by atoms with Crippen LogP contribution in [0.15, 0.2) is 36.4 Å². The van der Waals surface area contributed by atoms with Crippen LogP contribution < -0.4 is 16.8 Å². The molecule has 2 aromatic carbocycles. The molecule has 0 aliphatic carbocycles. The number of fused-ring (bicyclic) bond motifs is 1. The van der Waals surface area contributed by atoms with Gasteiger partial charge in [-0.25, -0.2) is 0 Å². The lowest BCUT2D eigenvalue weighted by Gasteiger charge is -2.11. The molecular weight excluding hydrogens is 258 g/mol. The quantitative estimate of drug-likeness (QED) is 0.586. The van der Waals surface area contributed by atoms with E-state index >= 15 is 0 Å². The highest BCUT2D eigenvalue weighted by atomic mass is 16.3. The fraction of sp³-hybridized carbons (Fsp3) is 0.143. The zero-order valence-corrected chi connectivity index (χ0v) is 10.7. The monoisotopic (exact) mass is 273 g/mol. The van der Waals surface area contributed by atoms with Gasteiger partial charge in [-0.3, -0.25) is 9.59 Å². The summed E-state index contributed by atoms with van der Waals surface area (Å²) in [4.78, 5) is 22.7. The molecule has 2 rings (SSSR count). The van der Waals surface area contributed by atoms with Crippen molar-refractivity contribution in [2.24, 2.45) is 5.73 Å². The van der Waals surface area contributed by atoms with Gasteiger partial charge in [-0.05, 0) is 22.9 Å². The number of aliphatic hydroxyl groups excluding tert-OH is 1. The zero-order chi connectivity index (χ0) is 14.7. The number of primary amides is 1. The van der Waals surface area contributed by atoms with Crippen molar-refractivity contribution in [3.05, 3.63) is 42.0 Å². The van der Waals surface area contributed by atoms with Gasteiger partial charge in [-0.1, -0.05) is 24.3 Å². The van der Waals surface area contributed by atoms with Crippen LogP contribution in [0, 0.1) is 0 Å². The van der Waals surface area contributed by atoms with Crippen LogP contribution in [0.1, 0.15) is 10.4 Å². The Morgan fingerprint density at radius 1 is 1.20 bits per heavy atom. The molecular formula is C14H15N3O3. The number of hydrogen-bond donors (Lipinski definition) is 4. The second kappa shape index (κ2) is 5.58. The number of amides is 2. The Bertz CT molecular complexity index is 670. The second-order valence-electron chi connectivity index (χ2n) is 4.41. The number of carbonyl (C=O) groups excluding carboxylic acids is 2. The lowest BCUT2D eigenvalue weighted by atomic mass is 10.0. The number of benzene rings is 2. The van der Waals surface area contributed by atoms with Crippen LogP contribution in [0.4, 0.5) is 5.69 Å². The van der Waals surface area contributed by atoms with Gasteiger partial charge in [0, 0.05) is 5.69 Å². The van der Waals surface area contributed by atoms with Crippen molar-refractivity contribution < 1.29 is 14.7 Å². The number of aliphatic hydroxyl groups is 1. The summed E-state index contributed by atoms with van der Waals surface area (Å²) < 4.78 is 0. The van der Waals surface area contributed by atoms with Crippen LogP contribution in [0.5, 0.6) is 0 Å². The Labute approximate surface area is 115 Å². The van der Waals surface area contributed by atoms with Crippen molar-refractivity contribution in [3.63, 3.8) is 0 Å². The van der Waals surface area contributed by atoms with Crippen LogP contribution in [0.3, 0.4) is 0 Å². The van der Waals surface area contributed by atoms with Crippen LogP contribution in [-0.4, -0.2) is 29.6 Å². The average Bonchev–Trinajstić information content (AvgIpc) is 2.43. The maximum atomic E-state index is 12.0. The molecule has 0 spiro atoms. The summed E-state index contributed by atoms with van der Waals surface area (Å²) >= 11 is 0. The topological polar surface area (TPSA) is 118 Å². The van der Waals surface area contributed by atoms with Crippen molar-refractivity contribution in [2.45, 2.75) is 6.10 Å². The van der Waals surface area contributed by atoms with Crippen LogP contribution in [-0.2, 0) is 4.79 Å². The Morgan fingerprint density at radius 3 is 2.40 bits per heavy atom. The minimum absolute atomic E-state index is 0.250. The van der Waals surface area contributed by atoms with E-state index in [9.17, 15) is 14.7 Å². The molecule has 0 heterocycles. The van der Waals surface area contributed by atoms with Gasteiger partial charge in [0.1, 0.15) is 6.10 Å². The highest BCUT2D eigenvalue weighted by Crippen LogP contribution is 2.21. The molecule has 6 N–H and O–H groups in total. The number of nitrogens with one attached hydrogen (secondary N) is 1. The van der Waals surface area contributed by atoms with Crippen LogP contribution in [0.2, 0.25) is 0 Å². The minimum Gasteiger partial charge on any atom is -0.398 e.